The number of anilines is 1. The maximum absolute atomic E-state index is 11.7. The molecule has 0 aliphatic heterocycles. The second-order valence-electron chi connectivity index (χ2n) is 5.88. The van der Waals surface area contributed by atoms with Gasteiger partial charge >= 0.3 is 23.1 Å². The lowest BCUT2D eigenvalue weighted by molar-refractivity contribution is 0.0698. The van der Waals surface area contributed by atoms with Gasteiger partial charge in [0.1, 0.15) is 5.00 Å². The smallest absolute Gasteiger partial charge is 0.340 e. The van der Waals surface area contributed by atoms with Gasteiger partial charge in [0.05, 0.1) is 12.1 Å². The van der Waals surface area contributed by atoms with Crippen LogP contribution in [0.15, 0.2) is 15.7 Å². The average molecular weight is 340 g/mol. The fourth-order valence-electron chi connectivity index (χ4n) is 1.66. The first-order valence-electron chi connectivity index (χ1n) is 6.65. The molecule has 0 spiro atoms. The van der Waals surface area contributed by atoms with Crippen molar-refractivity contribution < 1.29 is 14.7 Å². The van der Waals surface area contributed by atoms with Crippen molar-refractivity contribution in [1.82, 2.24) is 15.3 Å². The standard InChI is InChI=1S/C13H16N4O5S/c1-13(2,3)15-12(22)14-5-6-4-7(11(20)21)8(23-6)16-17-9(18)10(17)19/h4,16H,5H2,1-3H3,(H,20,21)(H2,14,15,22). The highest BCUT2D eigenvalue weighted by molar-refractivity contribution is 7.16. The van der Waals surface area contributed by atoms with Crippen molar-refractivity contribution in [2.75, 3.05) is 5.43 Å². The van der Waals surface area contributed by atoms with E-state index in [1.165, 1.54) is 6.07 Å². The molecule has 4 N–H and O–H groups in total. The minimum atomic E-state index is -1.20. The number of carbonyl (C=O) groups is 2. The van der Waals surface area contributed by atoms with E-state index >= 15 is 0 Å². The number of amides is 2. The van der Waals surface area contributed by atoms with E-state index < -0.39 is 22.6 Å². The quantitative estimate of drug-likeness (QED) is 0.580. The summed E-state index contributed by atoms with van der Waals surface area (Å²) in [7, 11) is 0. The molecule has 0 unspecified atom stereocenters. The molecule has 0 radical (unpaired) electrons. The lowest BCUT2D eigenvalue weighted by atomic mass is 10.1. The van der Waals surface area contributed by atoms with Crippen molar-refractivity contribution in [3.05, 3.63) is 37.2 Å². The van der Waals surface area contributed by atoms with Crippen molar-refractivity contribution in [2.24, 2.45) is 0 Å². The Morgan fingerprint density at radius 2 is 1.87 bits per heavy atom. The molecule has 2 heterocycles. The summed E-state index contributed by atoms with van der Waals surface area (Å²) in [5, 5.41) is 14.6. The Balaban J connectivity index is 2.07. The van der Waals surface area contributed by atoms with Crippen LogP contribution in [0, 0.1) is 0 Å². The van der Waals surface area contributed by atoms with E-state index in [1.807, 2.05) is 20.8 Å². The van der Waals surface area contributed by atoms with E-state index in [1.54, 1.807) is 0 Å². The summed E-state index contributed by atoms with van der Waals surface area (Å²) in [6, 6.07) is 0.999. The minimum Gasteiger partial charge on any atom is -0.478 e. The third kappa shape index (κ3) is 4.19. The van der Waals surface area contributed by atoms with Crippen molar-refractivity contribution in [2.45, 2.75) is 32.9 Å². The molecule has 2 rings (SSSR count). The van der Waals surface area contributed by atoms with E-state index in [0.717, 1.165) is 16.0 Å². The van der Waals surface area contributed by atoms with Gasteiger partial charge in [-0.05, 0) is 26.8 Å². The van der Waals surface area contributed by atoms with Gasteiger partial charge in [0.2, 0.25) is 0 Å². The van der Waals surface area contributed by atoms with Crippen molar-refractivity contribution in [1.29, 1.82) is 0 Å². The molecule has 0 saturated heterocycles. The summed E-state index contributed by atoms with van der Waals surface area (Å²) in [5.41, 5.74) is 0.545. The Morgan fingerprint density at radius 3 is 2.35 bits per heavy atom. The van der Waals surface area contributed by atoms with Crippen molar-refractivity contribution in [3.8, 4) is 0 Å². The number of aromatic carboxylic acids is 1. The largest absolute Gasteiger partial charge is 0.478 e. The molecule has 2 amide bonds. The van der Waals surface area contributed by atoms with Gasteiger partial charge in [-0.15, -0.1) is 11.3 Å². The topological polar surface area (TPSA) is 130 Å². The molecule has 9 nitrogen and oxygen atoms in total. The monoisotopic (exact) mass is 340 g/mol. The molecule has 10 heteroatoms. The highest BCUT2D eigenvalue weighted by Gasteiger charge is 2.22. The Morgan fingerprint density at radius 1 is 1.26 bits per heavy atom. The highest BCUT2D eigenvalue weighted by Crippen LogP contribution is 2.28. The number of nitrogens with zero attached hydrogens (tertiary/aromatic N) is 1. The van der Waals surface area contributed by atoms with Crippen molar-refractivity contribution in [3.63, 3.8) is 0 Å². The van der Waals surface area contributed by atoms with Gasteiger partial charge in [0.15, 0.2) is 0 Å². The molecule has 23 heavy (non-hydrogen) atoms. The van der Waals surface area contributed by atoms with Crippen LogP contribution >= 0.6 is 11.3 Å². The first-order chi connectivity index (χ1) is 10.6. The highest BCUT2D eigenvalue weighted by atomic mass is 32.1. The van der Waals surface area contributed by atoms with Crippen LogP contribution in [0.5, 0.6) is 0 Å². The lowest BCUT2D eigenvalue weighted by Crippen LogP contribution is -2.46. The van der Waals surface area contributed by atoms with Gasteiger partial charge < -0.3 is 15.7 Å². The number of aromatic nitrogens is 1. The number of hydrogen-bond donors (Lipinski definition) is 4. The molecule has 124 valence electrons. The summed E-state index contributed by atoms with van der Waals surface area (Å²) in [6.45, 7) is 5.62. The van der Waals surface area contributed by atoms with Crippen LogP contribution in [-0.4, -0.2) is 27.3 Å². The second-order valence-corrected chi connectivity index (χ2v) is 7.01. The third-order valence-corrected chi connectivity index (χ3v) is 3.72. The number of hydrogen-bond acceptors (Lipinski definition) is 6. The number of nitrogens with one attached hydrogen (secondary N) is 3. The normalized spacial score (nSPS) is 11.4. The molecular formula is C13H16N4O5S. The molecule has 0 saturated carbocycles. The minimum absolute atomic E-state index is 0.0736. The average Bonchev–Trinajstić information content (AvgIpc) is 2.85. The van der Waals surface area contributed by atoms with E-state index in [9.17, 15) is 19.2 Å². The van der Waals surface area contributed by atoms with Crippen LogP contribution in [0.2, 0.25) is 0 Å². The van der Waals surface area contributed by atoms with Gasteiger partial charge in [0, 0.05) is 10.4 Å². The zero-order valence-corrected chi connectivity index (χ0v) is 13.5. The first kappa shape index (κ1) is 16.7. The SMILES string of the molecule is CC(C)(C)NC(=O)NCc1cc(C(=O)O)c(Nn2c(=O)c2=O)s1. The van der Waals surface area contributed by atoms with Crippen LogP contribution in [0.1, 0.15) is 36.0 Å². The van der Waals surface area contributed by atoms with Crippen LogP contribution in [-0.2, 0) is 6.54 Å². The summed E-state index contributed by atoms with van der Waals surface area (Å²) in [4.78, 5) is 45.4. The maximum atomic E-state index is 11.7. The molecule has 0 atom stereocenters. The fourth-order valence-corrected chi connectivity index (χ4v) is 2.64. The number of urea groups is 1. The van der Waals surface area contributed by atoms with E-state index in [-0.39, 0.29) is 23.1 Å². The van der Waals surface area contributed by atoms with Gasteiger partial charge in [-0.3, -0.25) is 15.0 Å². The predicted molar refractivity (Wildman–Crippen MR) is 84.8 cm³/mol. The molecular weight excluding hydrogens is 324 g/mol. The molecule has 0 aromatic carbocycles. The number of carboxylic acids is 1. The predicted octanol–water partition coefficient (Wildman–Crippen LogP) is 0.317. The third-order valence-electron chi connectivity index (χ3n) is 2.68. The van der Waals surface area contributed by atoms with E-state index in [2.05, 4.69) is 16.1 Å². The molecule has 0 bridgehead atoms. The Kier molecular flexibility index (Phi) is 4.28. The molecule has 0 fully saturated rings. The fraction of sp³-hybridized carbons (Fsp3) is 0.385. The van der Waals surface area contributed by atoms with E-state index in [4.69, 9.17) is 5.11 Å². The molecule has 0 aliphatic carbocycles. The van der Waals surface area contributed by atoms with Crippen LogP contribution in [0.25, 0.3) is 0 Å². The van der Waals surface area contributed by atoms with Crippen LogP contribution in [0.4, 0.5) is 9.80 Å². The Hall–Kier alpha value is -2.62. The zero-order chi connectivity index (χ0) is 17.4. The number of carboxylic acid groups (broad SMARTS) is 1. The molecule has 2 aromatic heterocycles. The maximum Gasteiger partial charge on any atom is 0.340 e. The summed E-state index contributed by atoms with van der Waals surface area (Å²) in [6.07, 6.45) is 0. The van der Waals surface area contributed by atoms with Crippen molar-refractivity contribution >= 4 is 28.3 Å². The zero-order valence-electron chi connectivity index (χ0n) is 12.7. The number of rotatable bonds is 5. The van der Waals surface area contributed by atoms with Gasteiger partial charge in [-0.25, -0.2) is 9.59 Å². The van der Waals surface area contributed by atoms with Gasteiger partial charge in [-0.2, -0.15) is 4.68 Å². The first-order valence-corrected chi connectivity index (χ1v) is 7.47. The Labute approximate surface area is 134 Å². The van der Waals surface area contributed by atoms with Gasteiger partial charge in [0.25, 0.3) is 0 Å². The Bertz CT molecular complexity index is 797. The van der Waals surface area contributed by atoms with E-state index in [0.29, 0.717) is 4.88 Å². The summed E-state index contributed by atoms with van der Waals surface area (Å²) in [5.74, 6) is -1.20. The molecule has 2 aromatic rings. The summed E-state index contributed by atoms with van der Waals surface area (Å²) >= 11 is 1.04. The summed E-state index contributed by atoms with van der Waals surface area (Å²) < 4.78 is 0.724. The number of thiophene rings is 1. The molecule has 0 aliphatic rings. The van der Waals surface area contributed by atoms with Crippen LogP contribution < -0.4 is 27.2 Å². The van der Waals surface area contributed by atoms with Crippen LogP contribution in [0.3, 0.4) is 0 Å². The lowest BCUT2D eigenvalue weighted by Gasteiger charge is -2.20. The number of carbonyl (C=O) groups excluding carboxylic acids is 1. The van der Waals surface area contributed by atoms with Gasteiger partial charge in [-0.1, -0.05) is 0 Å². The second kappa shape index (κ2) is 5.88.